The highest BCUT2D eigenvalue weighted by atomic mass is 15.3. The number of rotatable bonds is 1. The highest BCUT2D eigenvalue weighted by Crippen LogP contribution is 2.32. The molecule has 20 heavy (non-hydrogen) atoms. The molecule has 1 aromatic heterocycles. The van der Waals surface area contributed by atoms with Crippen LogP contribution in [-0.2, 0) is 0 Å². The van der Waals surface area contributed by atoms with E-state index < -0.39 is 0 Å². The van der Waals surface area contributed by atoms with Crippen molar-refractivity contribution >= 4 is 17.2 Å². The van der Waals surface area contributed by atoms with Crippen molar-refractivity contribution in [3.05, 3.63) is 47.7 Å². The van der Waals surface area contributed by atoms with Crippen LogP contribution in [0.5, 0.6) is 0 Å². The Morgan fingerprint density at radius 3 is 2.65 bits per heavy atom. The van der Waals surface area contributed by atoms with Gasteiger partial charge in [0, 0.05) is 19.0 Å². The van der Waals surface area contributed by atoms with Gasteiger partial charge in [-0.05, 0) is 31.6 Å². The monoisotopic (exact) mass is 266 g/mol. The number of aliphatic imine (C=N–C) groups is 1. The summed E-state index contributed by atoms with van der Waals surface area (Å²) in [5.74, 6) is 1.96. The number of amidine groups is 1. The Hall–Kier alpha value is -2.36. The summed E-state index contributed by atoms with van der Waals surface area (Å²) in [6.45, 7) is 4.18. The third-order valence-corrected chi connectivity index (χ3v) is 3.59. The number of aromatic nitrogens is 2. The van der Waals surface area contributed by atoms with E-state index in [0.29, 0.717) is 0 Å². The van der Waals surface area contributed by atoms with E-state index in [-0.39, 0.29) is 0 Å². The lowest BCUT2D eigenvalue weighted by molar-refractivity contribution is 0.870. The summed E-state index contributed by atoms with van der Waals surface area (Å²) in [4.78, 5) is 4.30. The van der Waals surface area contributed by atoms with Gasteiger partial charge in [0.15, 0.2) is 0 Å². The minimum absolute atomic E-state index is 0.825. The van der Waals surface area contributed by atoms with Crippen molar-refractivity contribution in [2.24, 2.45) is 4.99 Å². The summed E-state index contributed by atoms with van der Waals surface area (Å²) in [5, 5.41) is 8.11. The summed E-state index contributed by atoms with van der Waals surface area (Å²) in [6.07, 6.45) is 3.02. The largest absolute Gasteiger partial charge is 0.328 e. The first kappa shape index (κ1) is 12.7. The lowest BCUT2D eigenvalue weighted by Crippen LogP contribution is -2.14. The Kier molecular flexibility index (Phi) is 3.14. The van der Waals surface area contributed by atoms with Crippen molar-refractivity contribution in [3.8, 4) is 5.69 Å². The van der Waals surface area contributed by atoms with Crippen molar-refractivity contribution in [2.45, 2.75) is 20.3 Å². The van der Waals surface area contributed by atoms with Gasteiger partial charge in [0.1, 0.15) is 11.7 Å². The van der Waals surface area contributed by atoms with E-state index in [1.165, 1.54) is 11.1 Å². The van der Waals surface area contributed by atoms with Crippen LogP contribution in [0.4, 0.5) is 5.82 Å². The first-order valence-electron chi connectivity index (χ1n) is 6.75. The lowest BCUT2D eigenvalue weighted by Gasteiger charge is -2.10. The molecule has 102 valence electrons. The standard InChI is InChI=1S/C16H18N4/c1-11-9-10-14(17-3)18-16-15(11)12(2)19-20(16)13-7-5-4-6-8-13/h4-9H,10H2,1-3H3,(H,17,18). The molecule has 0 atom stereocenters. The van der Waals surface area contributed by atoms with Crippen LogP contribution in [0.15, 0.2) is 41.4 Å². The molecule has 4 nitrogen and oxygen atoms in total. The van der Waals surface area contributed by atoms with Crippen molar-refractivity contribution < 1.29 is 0 Å². The number of nitrogens with one attached hydrogen (secondary N) is 1. The second kappa shape index (κ2) is 4.96. The molecule has 1 aliphatic heterocycles. The van der Waals surface area contributed by atoms with E-state index in [1.54, 1.807) is 0 Å². The van der Waals surface area contributed by atoms with Crippen molar-refractivity contribution in [3.63, 3.8) is 0 Å². The second-order valence-corrected chi connectivity index (χ2v) is 4.94. The third-order valence-electron chi connectivity index (χ3n) is 3.59. The number of aryl methyl sites for hydroxylation is 1. The van der Waals surface area contributed by atoms with Gasteiger partial charge in [-0.3, -0.25) is 4.99 Å². The quantitative estimate of drug-likeness (QED) is 0.859. The highest BCUT2D eigenvalue weighted by Gasteiger charge is 2.20. The Labute approximate surface area is 118 Å². The second-order valence-electron chi connectivity index (χ2n) is 4.94. The van der Waals surface area contributed by atoms with E-state index in [9.17, 15) is 0 Å². The highest BCUT2D eigenvalue weighted by molar-refractivity contribution is 6.01. The van der Waals surface area contributed by atoms with E-state index in [2.05, 4.69) is 40.5 Å². The Morgan fingerprint density at radius 1 is 1.20 bits per heavy atom. The van der Waals surface area contributed by atoms with Gasteiger partial charge >= 0.3 is 0 Å². The summed E-state index contributed by atoms with van der Waals surface area (Å²) in [7, 11) is 1.81. The molecule has 0 unspecified atom stereocenters. The van der Waals surface area contributed by atoms with Crippen LogP contribution in [0.25, 0.3) is 11.3 Å². The van der Waals surface area contributed by atoms with E-state index in [0.717, 1.165) is 29.5 Å². The normalized spacial score (nSPS) is 16.4. The average Bonchev–Trinajstić information content (AvgIpc) is 2.69. The maximum absolute atomic E-state index is 4.68. The van der Waals surface area contributed by atoms with Gasteiger partial charge in [0.25, 0.3) is 0 Å². The fourth-order valence-electron chi connectivity index (χ4n) is 2.56. The zero-order valence-electron chi connectivity index (χ0n) is 12.0. The number of nitrogens with zero attached hydrogens (tertiary/aromatic N) is 3. The smallest absolute Gasteiger partial charge is 0.142 e. The van der Waals surface area contributed by atoms with Crippen LogP contribution < -0.4 is 5.32 Å². The zero-order chi connectivity index (χ0) is 14.1. The molecule has 3 rings (SSSR count). The summed E-state index contributed by atoms with van der Waals surface area (Å²) in [5.41, 5.74) is 4.50. The van der Waals surface area contributed by atoms with Gasteiger partial charge in [0.2, 0.25) is 0 Å². The molecule has 0 bridgehead atoms. The van der Waals surface area contributed by atoms with Crippen molar-refractivity contribution in [1.29, 1.82) is 0 Å². The number of allylic oxidation sites excluding steroid dienone is 1. The summed E-state index contributed by atoms with van der Waals surface area (Å²) >= 11 is 0. The predicted molar refractivity (Wildman–Crippen MR) is 83.6 cm³/mol. The van der Waals surface area contributed by atoms with E-state index >= 15 is 0 Å². The van der Waals surface area contributed by atoms with Gasteiger partial charge in [-0.1, -0.05) is 24.3 Å². The van der Waals surface area contributed by atoms with Gasteiger partial charge in [-0.2, -0.15) is 5.10 Å². The molecule has 0 aliphatic carbocycles. The van der Waals surface area contributed by atoms with E-state index in [4.69, 9.17) is 0 Å². The molecule has 1 N–H and O–H groups in total. The zero-order valence-corrected chi connectivity index (χ0v) is 12.0. The number of hydrogen-bond acceptors (Lipinski definition) is 2. The predicted octanol–water partition coefficient (Wildman–Crippen LogP) is 3.43. The van der Waals surface area contributed by atoms with Crippen LogP contribution >= 0.6 is 0 Å². The Balaban J connectivity index is 2.22. The van der Waals surface area contributed by atoms with Crippen LogP contribution in [0.3, 0.4) is 0 Å². The summed E-state index contributed by atoms with van der Waals surface area (Å²) < 4.78 is 1.96. The molecule has 2 aromatic rings. The van der Waals surface area contributed by atoms with Crippen LogP contribution in [0.2, 0.25) is 0 Å². The lowest BCUT2D eigenvalue weighted by atomic mass is 10.1. The molecule has 0 fully saturated rings. The molecule has 0 saturated heterocycles. The van der Waals surface area contributed by atoms with E-state index in [1.807, 2.05) is 36.9 Å². The Bertz CT molecular complexity index is 693. The number of para-hydroxylation sites is 1. The third kappa shape index (κ3) is 2.03. The maximum Gasteiger partial charge on any atom is 0.142 e. The first-order valence-corrected chi connectivity index (χ1v) is 6.75. The molecule has 1 aromatic carbocycles. The number of anilines is 1. The number of fused-ring (bicyclic) bond motifs is 1. The minimum Gasteiger partial charge on any atom is -0.328 e. The van der Waals surface area contributed by atoms with Gasteiger partial charge in [0.05, 0.1) is 11.4 Å². The molecule has 0 saturated carbocycles. The van der Waals surface area contributed by atoms with Crippen LogP contribution in [-0.4, -0.2) is 22.7 Å². The molecule has 0 spiro atoms. The molecular weight excluding hydrogens is 248 g/mol. The molecule has 0 amide bonds. The molecule has 1 aliphatic rings. The maximum atomic E-state index is 4.68. The SMILES string of the molecule is CN=C1CC=C(C)c2c(C)nn(-c3ccccc3)c2N1. The van der Waals surface area contributed by atoms with Crippen LogP contribution in [0.1, 0.15) is 24.6 Å². The molecular formula is C16H18N4. The fraction of sp³-hybridized carbons (Fsp3) is 0.250. The first-order chi connectivity index (χ1) is 9.70. The van der Waals surface area contributed by atoms with Crippen LogP contribution in [0, 0.1) is 6.92 Å². The van der Waals surface area contributed by atoms with Gasteiger partial charge in [-0.15, -0.1) is 0 Å². The van der Waals surface area contributed by atoms with Gasteiger partial charge < -0.3 is 5.32 Å². The number of benzene rings is 1. The topological polar surface area (TPSA) is 42.2 Å². The minimum atomic E-state index is 0.825. The van der Waals surface area contributed by atoms with Crippen molar-refractivity contribution in [1.82, 2.24) is 9.78 Å². The van der Waals surface area contributed by atoms with Crippen molar-refractivity contribution in [2.75, 3.05) is 12.4 Å². The molecule has 2 heterocycles. The molecule has 0 radical (unpaired) electrons. The average molecular weight is 266 g/mol. The fourth-order valence-corrected chi connectivity index (χ4v) is 2.56. The molecule has 4 heteroatoms. The Morgan fingerprint density at radius 2 is 1.95 bits per heavy atom. The number of hydrogen-bond donors (Lipinski definition) is 1. The van der Waals surface area contributed by atoms with Gasteiger partial charge in [-0.25, -0.2) is 4.68 Å². The summed E-state index contributed by atoms with van der Waals surface area (Å²) in [6, 6.07) is 10.2.